The standard InChI is InChI=1S/C15H17F3N2O/c1-3-14(2,13(19)21)20-10-4-5-11-6-8-12(9-7-11)15(16,17)18/h6-9,20H,3,10H2,1-2H3,(H2,19,21)/t14-/m1/s1. The molecule has 0 aliphatic heterocycles. The van der Waals surface area contributed by atoms with Crippen LogP contribution in [-0.4, -0.2) is 18.0 Å². The van der Waals surface area contributed by atoms with Crippen LogP contribution in [-0.2, 0) is 11.0 Å². The van der Waals surface area contributed by atoms with E-state index < -0.39 is 23.2 Å². The van der Waals surface area contributed by atoms with E-state index in [9.17, 15) is 18.0 Å². The van der Waals surface area contributed by atoms with Crippen molar-refractivity contribution in [2.75, 3.05) is 6.54 Å². The Bertz CT molecular complexity index is 555. The van der Waals surface area contributed by atoms with Gasteiger partial charge in [-0.1, -0.05) is 18.8 Å². The van der Waals surface area contributed by atoms with Gasteiger partial charge in [0.25, 0.3) is 0 Å². The number of carbonyl (C=O) groups excluding carboxylic acids is 1. The van der Waals surface area contributed by atoms with Crippen LogP contribution in [0.1, 0.15) is 31.4 Å². The van der Waals surface area contributed by atoms with E-state index in [2.05, 4.69) is 17.2 Å². The first-order valence-corrected chi connectivity index (χ1v) is 6.40. The highest BCUT2D eigenvalue weighted by molar-refractivity contribution is 5.84. The normalized spacial score (nSPS) is 14.0. The predicted octanol–water partition coefficient (Wildman–Crippen LogP) is 2.30. The summed E-state index contributed by atoms with van der Waals surface area (Å²) in [5, 5.41) is 2.92. The van der Waals surface area contributed by atoms with Gasteiger partial charge in [0.05, 0.1) is 17.6 Å². The van der Waals surface area contributed by atoms with Gasteiger partial charge in [-0.05, 0) is 37.6 Å². The fourth-order valence-electron chi connectivity index (χ4n) is 1.51. The SMILES string of the molecule is CC[C@@](C)(NCC#Cc1ccc(C(F)(F)F)cc1)C(N)=O. The van der Waals surface area contributed by atoms with Gasteiger partial charge in [0.2, 0.25) is 5.91 Å². The monoisotopic (exact) mass is 298 g/mol. The average molecular weight is 298 g/mol. The highest BCUT2D eigenvalue weighted by Crippen LogP contribution is 2.28. The molecule has 1 aromatic rings. The second-order valence-electron chi connectivity index (χ2n) is 4.78. The lowest BCUT2D eigenvalue weighted by Gasteiger charge is -2.24. The number of amides is 1. The largest absolute Gasteiger partial charge is 0.416 e. The number of rotatable bonds is 4. The van der Waals surface area contributed by atoms with Crippen LogP contribution in [0.3, 0.4) is 0 Å². The summed E-state index contributed by atoms with van der Waals surface area (Å²) in [6, 6.07) is 4.58. The van der Waals surface area contributed by atoms with Gasteiger partial charge in [-0.25, -0.2) is 0 Å². The number of benzene rings is 1. The molecule has 0 heterocycles. The molecule has 0 fully saturated rings. The number of nitrogens with two attached hydrogens (primary N) is 1. The maximum atomic E-state index is 12.4. The van der Waals surface area contributed by atoms with Gasteiger partial charge in [0.15, 0.2) is 0 Å². The Morgan fingerprint density at radius 1 is 1.29 bits per heavy atom. The topological polar surface area (TPSA) is 55.1 Å². The summed E-state index contributed by atoms with van der Waals surface area (Å²) < 4.78 is 37.1. The zero-order valence-electron chi connectivity index (χ0n) is 11.8. The van der Waals surface area contributed by atoms with E-state index in [1.54, 1.807) is 6.92 Å². The van der Waals surface area contributed by atoms with Gasteiger partial charge in [-0.2, -0.15) is 13.2 Å². The lowest BCUT2D eigenvalue weighted by Crippen LogP contribution is -2.52. The average Bonchev–Trinajstić information content (AvgIpc) is 2.42. The molecule has 0 radical (unpaired) electrons. The lowest BCUT2D eigenvalue weighted by molar-refractivity contribution is -0.137. The number of halogens is 3. The van der Waals surface area contributed by atoms with Crippen molar-refractivity contribution in [2.24, 2.45) is 5.73 Å². The van der Waals surface area contributed by atoms with Crippen LogP contribution in [0, 0.1) is 11.8 Å². The third-order valence-electron chi connectivity index (χ3n) is 3.26. The molecule has 0 bridgehead atoms. The van der Waals surface area contributed by atoms with Crippen LogP contribution < -0.4 is 11.1 Å². The second kappa shape index (κ2) is 6.64. The quantitative estimate of drug-likeness (QED) is 0.838. The Balaban J connectivity index is 2.66. The Labute approximate surface area is 121 Å². The highest BCUT2D eigenvalue weighted by Gasteiger charge is 2.30. The Kier molecular flexibility index (Phi) is 5.39. The first-order valence-electron chi connectivity index (χ1n) is 6.40. The van der Waals surface area contributed by atoms with Crippen LogP contribution in [0.4, 0.5) is 13.2 Å². The summed E-state index contributed by atoms with van der Waals surface area (Å²) in [7, 11) is 0. The Hall–Kier alpha value is -2.00. The van der Waals surface area contributed by atoms with E-state index in [-0.39, 0.29) is 6.54 Å². The van der Waals surface area contributed by atoms with Crippen molar-refractivity contribution < 1.29 is 18.0 Å². The molecule has 1 rings (SSSR count). The van der Waals surface area contributed by atoms with E-state index in [0.29, 0.717) is 12.0 Å². The maximum absolute atomic E-state index is 12.4. The summed E-state index contributed by atoms with van der Waals surface area (Å²) in [5.74, 6) is 5.01. The smallest absolute Gasteiger partial charge is 0.368 e. The van der Waals surface area contributed by atoms with E-state index in [1.165, 1.54) is 12.1 Å². The Morgan fingerprint density at radius 2 is 1.86 bits per heavy atom. The molecule has 1 aromatic carbocycles. The highest BCUT2D eigenvalue weighted by atomic mass is 19.4. The second-order valence-corrected chi connectivity index (χ2v) is 4.78. The van der Waals surface area contributed by atoms with E-state index in [1.807, 2.05) is 6.92 Å². The zero-order valence-corrected chi connectivity index (χ0v) is 11.8. The van der Waals surface area contributed by atoms with Gasteiger partial charge in [0.1, 0.15) is 0 Å². The lowest BCUT2D eigenvalue weighted by atomic mass is 9.98. The molecule has 21 heavy (non-hydrogen) atoms. The van der Waals surface area contributed by atoms with Crippen molar-refractivity contribution in [2.45, 2.75) is 32.0 Å². The summed E-state index contributed by atoms with van der Waals surface area (Å²) >= 11 is 0. The van der Waals surface area contributed by atoms with Crippen molar-refractivity contribution in [1.29, 1.82) is 0 Å². The fraction of sp³-hybridized carbons (Fsp3) is 0.400. The molecule has 0 aliphatic carbocycles. The molecule has 0 spiro atoms. The van der Waals surface area contributed by atoms with Gasteiger partial charge < -0.3 is 5.73 Å². The van der Waals surface area contributed by atoms with Crippen LogP contribution in [0.15, 0.2) is 24.3 Å². The van der Waals surface area contributed by atoms with E-state index >= 15 is 0 Å². The predicted molar refractivity (Wildman–Crippen MR) is 74.2 cm³/mol. The maximum Gasteiger partial charge on any atom is 0.416 e. The minimum absolute atomic E-state index is 0.217. The molecule has 0 aromatic heterocycles. The van der Waals surface area contributed by atoms with E-state index in [4.69, 9.17) is 5.73 Å². The summed E-state index contributed by atoms with van der Waals surface area (Å²) in [6.07, 6.45) is -3.83. The number of hydrogen-bond donors (Lipinski definition) is 2. The zero-order chi connectivity index (χ0) is 16.1. The third-order valence-corrected chi connectivity index (χ3v) is 3.26. The third kappa shape index (κ3) is 4.80. The van der Waals surface area contributed by atoms with Gasteiger partial charge in [0, 0.05) is 5.56 Å². The first kappa shape index (κ1) is 17.1. The van der Waals surface area contributed by atoms with Crippen LogP contribution in [0.5, 0.6) is 0 Å². The minimum atomic E-state index is -4.35. The number of nitrogens with one attached hydrogen (secondary N) is 1. The molecule has 0 unspecified atom stereocenters. The summed E-state index contributed by atoms with van der Waals surface area (Å²) in [6.45, 7) is 3.71. The molecular formula is C15H17F3N2O. The Morgan fingerprint density at radius 3 is 2.29 bits per heavy atom. The molecule has 3 nitrogen and oxygen atoms in total. The molecular weight excluding hydrogens is 281 g/mol. The summed E-state index contributed by atoms with van der Waals surface area (Å²) in [4.78, 5) is 11.3. The molecule has 0 saturated carbocycles. The van der Waals surface area contributed by atoms with Crippen molar-refractivity contribution in [3.05, 3.63) is 35.4 Å². The van der Waals surface area contributed by atoms with Crippen molar-refractivity contribution in [3.8, 4) is 11.8 Å². The van der Waals surface area contributed by atoms with Crippen molar-refractivity contribution in [3.63, 3.8) is 0 Å². The van der Waals surface area contributed by atoms with Gasteiger partial charge >= 0.3 is 6.18 Å². The van der Waals surface area contributed by atoms with Crippen LogP contribution in [0.25, 0.3) is 0 Å². The van der Waals surface area contributed by atoms with Gasteiger partial charge in [-0.3, -0.25) is 10.1 Å². The minimum Gasteiger partial charge on any atom is -0.368 e. The molecule has 114 valence electrons. The molecule has 1 atom stereocenters. The number of primary amides is 1. The summed E-state index contributed by atoms with van der Waals surface area (Å²) in [5.41, 5.74) is 4.20. The molecule has 3 N–H and O–H groups in total. The molecule has 6 heteroatoms. The molecule has 1 amide bonds. The van der Waals surface area contributed by atoms with Crippen LogP contribution >= 0.6 is 0 Å². The van der Waals surface area contributed by atoms with E-state index in [0.717, 1.165) is 12.1 Å². The fourth-order valence-corrected chi connectivity index (χ4v) is 1.51. The first-order chi connectivity index (χ1) is 9.69. The number of carbonyl (C=O) groups is 1. The number of alkyl halides is 3. The number of hydrogen-bond acceptors (Lipinski definition) is 2. The van der Waals surface area contributed by atoms with Crippen molar-refractivity contribution >= 4 is 5.91 Å². The molecule has 0 saturated heterocycles. The van der Waals surface area contributed by atoms with Gasteiger partial charge in [-0.15, -0.1) is 0 Å². The van der Waals surface area contributed by atoms with Crippen LogP contribution in [0.2, 0.25) is 0 Å². The van der Waals surface area contributed by atoms with Crippen molar-refractivity contribution in [1.82, 2.24) is 5.32 Å². The molecule has 0 aliphatic rings.